The number of piperidine rings is 1. The van der Waals surface area contributed by atoms with E-state index in [4.69, 9.17) is 13.7 Å². The molecule has 0 aromatic heterocycles. The molecule has 190 valence electrons. The molecule has 8 nitrogen and oxygen atoms in total. The maximum absolute atomic E-state index is 13.8. The molecule has 2 aliphatic heterocycles. The van der Waals surface area contributed by atoms with Crippen molar-refractivity contribution in [2.75, 3.05) is 13.1 Å². The molecule has 1 aromatic rings. The van der Waals surface area contributed by atoms with E-state index >= 15 is 0 Å². The second-order valence-electron chi connectivity index (χ2n) is 10.9. The Bertz CT molecular complexity index is 1080. The fraction of sp³-hybridized carbons (Fsp3) is 0.692. The fourth-order valence-electron chi connectivity index (χ4n) is 7.31. The zero-order valence-electron chi connectivity index (χ0n) is 19.8. The Morgan fingerprint density at radius 2 is 1.69 bits per heavy atom. The third kappa shape index (κ3) is 3.90. The third-order valence-electron chi connectivity index (χ3n) is 9.00. The maximum Gasteiger partial charge on any atom is 0.311 e. The summed E-state index contributed by atoms with van der Waals surface area (Å²) in [5, 5.41) is 2.39. The van der Waals surface area contributed by atoms with E-state index in [1.165, 1.54) is 0 Å². The quantitative estimate of drug-likeness (QED) is 0.483. The molecule has 6 unspecified atom stereocenters. The summed E-state index contributed by atoms with van der Waals surface area (Å²) in [6.07, 6.45) is 5.02. The topological polar surface area (TPSA) is 108 Å². The Morgan fingerprint density at radius 1 is 0.971 bits per heavy atom. The molecule has 3 saturated carbocycles. The van der Waals surface area contributed by atoms with E-state index in [1.54, 1.807) is 0 Å². The lowest BCUT2D eigenvalue weighted by atomic mass is 9.82. The van der Waals surface area contributed by atoms with E-state index in [-0.39, 0.29) is 17.8 Å². The Kier molecular flexibility index (Phi) is 5.92. The van der Waals surface area contributed by atoms with Gasteiger partial charge in [-0.2, -0.15) is 8.42 Å². The lowest BCUT2D eigenvalue weighted by Crippen LogP contribution is -2.49. The molecule has 2 heterocycles. The van der Waals surface area contributed by atoms with Crippen LogP contribution in [0.5, 0.6) is 0 Å². The van der Waals surface area contributed by atoms with Crippen LogP contribution < -0.4 is 5.32 Å². The van der Waals surface area contributed by atoms with E-state index in [0.29, 0.717) is 32.4 Å². The van der Waals surface area contributed by atoms with E-state index in [0.717, 1.165) is 37.7 Å². The first-order chi connectivity index (χ1) is 16.9. The molecule has 0 spiro atoms. The van der Waals surface area contributed by atoms with Crippen molar-refractivity contribution >= 4 is 22.1 Å². The minimum atomic E-state index is -3.95. The van der Waals surface area contributed by atoms with Crippen LogP contribution in [-0.2, 0) is 39.0 Å². The summed E-state index contributed by atoms with van der Waals surface area (Å²) in [6, 6.07) is 9.68. The van der Waals surface area contributed by atoms with Crippen LogP contribution in [0.3, 0.4) is 0 Å². The number of benzene rings is 1. The molecular weight excluding hydrogens is 470 g/mol. The van der Waals surface area contributed by atoms with Crippen LogP contribution in [0.1, 0.15) is 56.9 Å². The predicted molar refractivity (Wildman–Crippen MR) is 125 cm³/mol. The fourth-order valence-corrected chi connectivity index (χ4v) is 9.36. The summed E-state index contributed by atoms with van der Waals surface area (Å²) in [5.74, 6) is -2.58. The number of nitrogens with one attached hydrogen (secondary N) is 1. The number of hydrogen-bond acceptors (Lipinski definition) is 8. The zero-order valence-corrected chi connectivity index (χ0v) is 20.6. The van der Waals surface area contributed by atoms with Crippen molar-refractivity contribution < 1.29 is 31.7 Å². The van der Waals surface area contributed by atoms with Crippen LogP contribution in [0.4, 0.5) is 0 Å². The van der Waals surface area contributed by atoms with Crippen molar-refractivity contribution in [1.29, 1.82) is 0 Å². The van der Waals surface area contributed by atoms with Gasteiger partial charge in [-0.1, -0.05) is 49.6 Å². The first-order valence-corrected chi connectivity index (χ1v) is 14.5. The van der Waals surface area contributed by atoms with Gasteiger partial charge in [0, 0.05) is 24.7 Å². The van der Waals surface area contributed by atoms with Crippen molar-refractivity contribution in [3.05, 3.63) is 35.9 Å². The van der Waals surface area contributed by atoms with Crippen molar-refractivity contribution in [2.24, 2.45) is 23.7 Å². The van der Waals surface area contributed by atoms with Crippen molar-refractivity contribution in [3.8, 4) is 0 Å². The molecule has 5 aliphatic rings. The average Bonchev–Trinajstić information content (AvgIpc) is 3.48. The van der Waals surface area contributed by atoms with Crippen LogP contribution >= 0.6 is 0 Å². The van der Waals surface area contributed by atoms with E-state index in [9.17, 15) is 18.0 Å². The van der Waals surface area contributed by atoms with Crippen molar-refractivity contribution in [3.63, 3.8) is 0 Å². The van der Waals surface area contributed by atoms with Gasteiger partial charge >= 0.3 is 11.9 Å². The highest BCUT2D eigenvalue weighted by Gasteiger charge is 2.72. The number of rotatable bonds is 5. The first-order valence-electron chi connectivity index (χ1n) is 13.0. The molecule has 2 saturated heterocycles. The normalized spacial score (nSPS) is 37.1. The van der Waals surface area contributed by atoms with Gasteiger partial charge in [-0.3, -0.25) is 13.8 Å². The summed E-state index contributed by atoms with van der Waals surface area (Å²) in [7, 11) is -3.95. The van der Waals surface area contributed by atoms with E-state index in [1.807, 2.05) is 30.3 Å². The Labute approximate surface area is 206 Å². The molecule has 1 N–H and O–H groups in total. The predicted octanol–water partition coefficient (Wildman–Crippen LogP) is 2.66. The summed E-state index contributed by atoms with van der Waals surface area (Å²) < 4.78 is 43.7. The Balaban J connectivity index is 1.27. The van der Waals surface area contributed by atoms with Gasteiger partial charge in [0.2, 0.25) is 0 Å². The highest BCUT2D eigenvalue weighted by Crippen LogP contribution is 2.59. The molecule has 2 bridgehead atoms. The summed E-state index contributed by atoms with van der Waals surface area (Å²) in [6.45, 7) is 1.40. The highest BCUT2D eigenvalue weighted by atomic mass is 32.2. The Hall–Kier alpha value is -1.97. The molecule has 5 fully saturated rings. The number of carbonyl (C=O) groups excluding carboxylic acids is 2. The number of ether oxygens (including phenoxy) is 2. The first kappa shape index (κ1) is 23.4. The van der Waals surface area contributed by atoms with Gasteiger partial charge in [0.1, 0.15) is 23.1 Å². The minimum Gasteiger partial charge on any atom is -0.459 e. The lowest BCUT2D eigenvalue weighted by Gasteiger charge is -2.40. The van der Waals surface area contributed by atoms with Gasteiger partial charge in [-0.25, -0.2) is 0 Å². The van der Waals surface area contributed by atoms with Crippen LogP contribution in [0.25, 0.3) is 0 Å². The minimum absolute atomic E-state index is 0.154. The van der Waals surface area contributed by atoms with Gasteiger partial charge in [-0.05, 0) is 37.9 Å². The number of fused-ring (bicyclic) bond motifs is 1. The van der Waals surface area contributed by atoms with Crippen molar-refractivity contribution in [1.82, 2.24) is 5.32 Å². The maximum atomic E-state index is 13.8. The molecule has 6 atom stereocenters. The van der Waals surface area contributed by atoms with Gasteiger partial charge in [-0.15, -0.1) is 0 Å². The van der Waals surface area contributed by atoms with E-state index in [2.05, 4.69) is 5.32 Å². The smallest absolute Gasteiger partial charge is 0.311 e. The monoisotopic (exact) mass is 503 g/mol. The molecule has 6 rings (SSSR count). The number of carbonyl (C=O) groups is 2. The molecular formula is C26H33NO7S. The van der Waals surface area contributed by atoms with Crippen LogP contribution in [0.15, 0.2) is 30.3 Å². The summed E-state index contributed by atoms with van der Waals surface area (Å²) in [4.78, 5) is 26.7. The SMILES string of the molecule is O=C(OC1C2CC3C1OS(=O)(=O)C3C2C(=O)OC1(c2ccccc2)CCNCC1)C1CCCCC1. The molecule has 0 amide bonds. The van der Waals surface area contributed by atoms with Gasteiger partial charge in [0.05, 0.1) is 11.8 Å². The zero-order chi connectivity index (χ0) is 24.2. The van der Waals surface area contributed by atoms with Crippen molar-refractivity contribution in [2.45, 2.75) is 74.4 Å². The molecule has 1 aromatic carbocycles. The molecule has 3 aliphatic carbocycles. The molecule has 35 heavy (non-hydrogen) atoms. The Morgan fingerprint density at radius 3 is 2.40 bits per heavy atom. The third-order valence-corrected chi connectivity index (χ3v) is 10.8. The molecule has 0 radical (unpaired) electrons. The van der Waals surface area contributed by atoms with Crippen LogP contribution in [0, 0.1) is 23.7 Å². The standard InChI is InChI=1S/C26H33NO7S/c28-24(16-7-3-1-4-8-16)32-21-18-15-19-22(21)34-35(30,31)23(19)20(18)25(29)33-26(11-13-27-14-12-26)17-9-5-2-6-10-17/h2,5-6,9-10,16,18-23,27H,1,3-4,7-8,11-15H2. The van der Waals surface area contributed by atoms with Crippen LogP contribution in [-0.4, -0.2) is 50.9 Å². The largest absolute Gasteiger partial charge is 0.459 e. The number of esters is 2. The molecule has 9 heteroatoms. The van der Waals surface area contributed by atoms with E-state index < -0.39 is 51.0 Å². The summed E-state index contributed by atoms with van der Waals surface area (Å²) in [5.41, 5.74) is 0.115. The second kappa shape index (κ2) is 8.85. The van der Waals surface area contributed by atoms with Gasteiger partial charge in [0.15, 0.2) is 0 Å². The average molecular weight is 504 g/mol. The van der Waals surface area contributed by atoms with Crippen LogP contribution in [0.2, 0.25) is 0 Å². The highest BCUT2D eigenvalue weighted by molar-refractivity contribution is 7.87. The lowest BCUT2D eigenvalue weighted by molar-refractivity contribution is -0.178. The van der Waals surface area contributed by atoms with Gasteiger partial charge in [0.25, 0.3) is 10.1 Å². The summed E-state index contributed by atoms with van der Waals surface area (Å²) >= 11 is 0. The second-order valence-corrected chi connectivity index (χ2v) is 12.6. The van der Waals surface area contributed by atoms with Gasteiger partial charge < -0.3 is 14.8 Å². The number of hydrogen-bond donors (Lipinski definition) is 1.